The number of esters is 1. The lowest BCUT2D eigenvalue weighted by Crippen LogP contribution is -2.17. The number of nitrogens with one attached hydrogen (secondary N) is 1. The van der Waals surface area contributed by atoms with E-state index in [-0.39, 0.29) is 18.6 Å². The number of hydrogen-bond donors (Lipinski definition) is 1. The SMILES string of the molecule is CCOC(=O)COc1ccccc1C(C)NC. The van der Waals surface area contributed by atoms with Crippen molar-refractivity contribution in [2.24, 2.45) is 0 Å². The Balaban J connectivity index is 2.67. The van der Waals surface area contributed by atoms with Gasteiger partial charge in [0.1, 0.15) is 5.75 Å². The molecule has 1 aromatic carbocycles. The predicted octanol–water partition coefficient (Wildman–Crippen LogP) is 1.91. The topological polar surface area (TPSA) is 47.6 Å². The summed E-state index contributed by atoms with van der Waals surface area (Å²) in [7, 11) is 1.88. The van der Waals surface area contributed by atoms with Gasteiger partial charge in [0, 0.05) is 11.6 Å². The van der Waals surface area contributed by atoms with Gasteiger partial charge in [0.15, 0.2) is 6.61 Å². The fraction of sp³-hybridized carbons (Fsp3) is 0.462. The Morgan fingerprint density at radius 2 is 2.12 bits per heavy atom. The molecule has 0 aliphatic rings. The van der Waals surface area contributed by atoms with Gasteiger partial charge in [0.05, 0.1) is 6.61 Å². The second-order valence-corrected chi connectivity index (χ2v) is 3.64. The van der Waals surface area contributed by atoms with Crippen LogP contribution < -0.4 is 10.1 Å². The van der Waals surface area contributed by atoms with Crippen LogP contribution in [0.3, 0.4) is 0 Å². The van der Waals surface area contributed by atoms with E-state index in [1.165, 1.54) is 0 Å². The highest BCUT2D eigenvalue weighted by Gasteiger charge is 2.10. The number of carbonyl (C=O) groups excluding carboxylic acids is 1. The van der Waals surface area contributed by atoms with E-state index >= 15 is 0 Å². The minimum Gasteiger partial charge on any atom is -0.482 e. The van der Waals surface area contributed by atoms with Crippen LogP contribution >= 0.6 is 0 Å². The van der Waals surface area contributed by atoms with Gasteiger partial charge in [-0.1, -0.05) is 18.2 Å². The first-order valence-electron chi connectivity index (χ1n) is 5.73. The Morgan fingerprint density at radius 1 is 1.41 bits per heavy atom. The largest absolute Gasteiger partial charge is 0.482 e. The summed E-state index contributed by atoms with van der Waals surface area (Å²) in [6.07, 6.45) is 0. The average molecular weight is 237 g/mol. The van der Waals surface area contributed by atoms with E-state index in [2.05, 4.69) is 5.32 Å². The van der Waals surface area contributed by atoms with E-state index in [1.807, 2.05) is 38.2 Å². The highest BCUT2D eigenvalue weighted by molar-refractivity contribution is 5.71. The van der Waals surface area contributed by atoms with E-state index in [1.54, 1.807) is 6.92 Å². The molecule has 0 heterocycles. The van der Waals surface area contributed by atoms with Crippen LogP contribution in [0.1, 0.15) is 25.5 Å². The summed E-state index contributed by atoms with van der Waals surface area (Å²) in [6.45, 7) is 4.12. The molecule has 1 unspecified atom stereocenters. The van der Waals surface area contributed by atoms with Crippen molar-refractivity contribution in [3.63, 3.8) is 0 Å². The van der Waals surface area contributed by atoms with Crippen molar-refractivity contribution < 1.29 is 14.3 Å². The molecule has 0 saturated carbocycles. The number of para-hydroxylation sites is 1. The van der Waals surface area contributed by atoms with Crippen molar-refractivity contribution >= 4 is 5.97 Å². The molecule has 4 nitrogen and oxygen atoms in total. The number of ether oxygens (including phenoxy) is 2. The molecule has 0 saturated heterocycles. The minimum atomic E-state index is -0.348. The molecule has 0 aromatic heterocycles. The smallest absolute Gasteiger partial charge is 0.344 e. The zero-order valence-electron chi connectivity index (χ0n) is 10.5. The van der Waals surface area contributed by atoms with Crippen molar-refractivity contribution in [1.29, 1.82) is 0 Å². The summed E-state index contributed by atoms with van der Waals surface area (Å²) < 4.78 is 10.3. The molecule has 0 aliphatic carbocycles. The van der Waals surface area contributed by atoms with Crippen LogP contribution in [-0.4, -0.2) is 26.2 Å². The van der Waals surface area contributed by atoms with Crippen molar-refractivity contribution in [3.05, 3.63) is 29.8 Å². The Labute approximate surface area is 102 Å². The van der Waals surface area contributed by atoms with Gasteiger partial charge in [-0.15, -0.1) is 0 Å². The Kier molecular flexibility index (Phi) is 5.49. The third kappa shape index (κ3) is 4.07. The molecule has 4 heteroatoms. The van der Waals surface area contributed by atoms with Gasteiger partial charge in [-0.05, 0) is 27.0 Å². The summed E-state index contributed by atoms with van der Waals surface area (Å²) in [5, 5.41) is 3.14. The highest BCUT2D eigenvalue weighted by atomic mass is 16.6. The fourth-order valence-corrected chi connectivity index (χ4v) is 1.46. The second-order valence-electron chi connectivity index (χ2n) is 3.64. The summed E-state index contributed by atoms with van der Waals surface area (Å²) >= 11 is 0. The maximum absolute atomic E-state index is 11.2. The van der Waals surface area contributed by atoms with E-state index in [0.29, 0.717) is 12.4 Å². The lowest BCUT2D eigenvalue weighted by Gasteiger charge is -2.15. The highest BCUT2D eigenvalue weighted by Crippen LogP contribution is 2.24. The lowest BCUT2D eigenvalue weighted by molar-refractivity contribution is -0.145. The molecule has 0 aliphatic heterocycles. The van der Waals surface area contributed by atoms with Crippen LogP contribution in [0.2, 0.25) is 0 Å². The van der Waals surface area contributed by atoms with Gasteiger partial charge in [0.2, 0.25) is 0 Å². The molecule has 94 valence electrons. The van der Waals surface area contributed by atoms with Crippen molar-refractivity contribution in [2.75, 3.05) is 20.3 Å². The number of hydrogen-bond acceptors (Lipinski definition) is 4. The molecule has 1 aromatic rings. The van der Waals surface area contributed by atoms with E-state index in [4.69, 9.17) is 9.47 Å². The van der Waals surface area contributed by atoms with Crippen LogP contribution in [0.4, 0.5) is 0 Å². The molecule has 0 radical (unpaired) electrons. The average Bonchev–Trinajstić information content (AvgIpc) is 2.36. The number of carbonyl (C=O) groups is 1. The summed E-state index contributed by atoms with van der Waals surface area (Å²) in [6, 6.07) is 7.82. The van der Waals surface area contributed by atoms with Gasteiger partial charge >= 0.3 is 5.97 Å². The molecule has 17 heavy (non-hydrogen) atoms. The lowest BCUT2D eigenvalue weighted by atomic mass is 10.1. The van der Waals surface area contributed by atoms with Crippen molar-refractivity contribution in [3.8, 4) is 5.75 Å². The van der Waals surface area contributed by atoms with Gasteiger partial charge < -0.3 is 14.8 Å². The van der Waals surface area contributed by atoms with E-state index < -0.39 is 0 Å². The third-order valence-corrected chi connectivity index (χ3v) is 2.47. The first-order valence-corrected chi connectivity index (χ1v) is 5.73. The molecular weight excluding hydrogens is 218 g/mol. The predicted molar refractivity (Wildman–Crippen MR) is 66.0 cm³/mol. The molecule has 0 fully saturated rings. The molecule has 0 spiro atoms. The molecule has 1 atom stereocenters. The van der Waals surface area contributed by atoms with Gasteiger partial charge in [-0.2, -0.15) is 0 Å². The molecule has 0 amide bonds. The van der Waals surface area contributed by atoms with Crippen LogP contribution in [0, 0.1) is 0 Å². The third-order valence-electron chi connectivity index (χ3n) is 2.47. The fourth-order valence-electron chi connectivity index (χ4n) is 1.46. The summed E-state index contributed by atoms with van der Waals surface area (Å²) in [5.74, 6) is 0.363. The Bertz CT molecular complexity index is 365. The van der Waals surface area contributed by atoms with Crippen LogP contribution in [0.5, 0.6) is 5.75 Å². The molecular formula is C13H19NO3. The first-order chi connectivity index (χ1) is 8.19. The molecule has 0 bridgehead atoms. The van der Waals surface area contributed by atoms with Gasteiger partial charge in [0.25, 0.3) is 0 Å². The number of rotatable bonds is 6. The second kappa shape index (κ2) is 6.91. The van der Waals surface area contributed by atoms with E-state index in [0.717, 1.165) is 5.56 Å². The Hall–Kier alpha value is -1.55. The van der Waals surface area contributed by atoms with Crippen LogP contribution in [0.25, 0.3) is 0 Å². The quantitative estimate of drug-likeness (QED) is 0.768. The van der Waals surface area contributed by atoms with E-state index in [9.17, 15) is 4.79 Å². The summed E-state index contributed by atoms with van der Waals surface area (Å²) in [4.78, 5) is 11.2. The minimum absolute atomic E-state index is 0.0543. The number of benzene rings is 1. The normalized spacial score (nSPS) is 11.9. The van der Waals surface area contributed by atoms with Crippen molar-refractivity contribution in [1.82, 2.24) is 5.32 Å². The molecule has 1 N–H and O–H groups in total. The zero-order valence-corrected chi connectivity index (χ0v) is 10.5. The standard InChI is InChI=1S/C13H19NO3/c1-4-16-13(15)9-17-12-8-6-5-7-11(12)10(2)14-3/h5-8,10,14H,4,9H2,1-3H3. The molecule has 1 rings (SSSR count). The Morgan fingerprint density at radius 3 is 2.76 bits per heavy atom. The van der Waals surface area contributed by atoms with Crippen LogP contribution in [0.15, 0.2) is 24.3 Å². The summed E-state index contributed by atoms with van der Waals surface area (Å²) in [5.41, 5.74) is 1.03. The van der Waals surface area contributed by atoms with Crippen molar-refractivity contribution in [2.45, 2.75) is 19.9 Å². The first kappa shape index (κ1) is 13.5. The monoisotopic (exact) mass is 237 g/mol. The maximum Gasteiger partial charge on any atom is 0.344 e. The van der Waals surface area contributed by atoms with Gasteiger partial charge in [-0.3, -0.25) is 0 Å². The van der Waals surface area contributed by atoms with Gasteiger partial charge in [-0.25, -0.2) is 4.79 Å². The zero-order chi connectivity index (χ0) is 12.7. The van der Waals surface area contributed by atoms with Crippen LogP contribution in [-0.2, 0) is 9.53 Å². The maximum atomic E-state index is 11.2.